The molecule has 0 unspecified atom stereocenters. The van der Waals surface area contributed by atoms with E-state index < -0.39 is 0 Å². The maximum Gasteiger partial charge on any atom is 0.251 e. The lowest BCUT2D eigenvalue weighted by atomic mass is 9.93. The minimum Gasteiger partial charge on any atom is -0.349 e. The number of carbonyl (C=O) groups is 1. The Labute approximate surface area is 111 Å². The van der Waals surface area contributed by atoms with Crippen molar-refractivity contribution in [2.75, 3.05) is 0 Å². The van der Waals surface area contributed by atoms with E-state index in [-0.39, 0.29) is 5.91 Å². The Hall–Kier alpha value is -0.100. The quantitative estimate of drug-likeness (QED) is 0.784. The zero-order chi connectivity index (χ0) is 10.8. The van der Waals surface area contributed by atoms with Gasteiger partial charge in [0, 0.05) is 19.6 Å². The highest BCUT2D eigenvalue weighted by Crippen LogP contribution is 2.20. The van der Waals surface area contributed by atoms with Gasteiger partial charge >= 0.3 is 0 Å². The van der Waals surface area contributed by atoms with Crippen molar-refractivity contribution in [1.82, 2.24) is 5.32 Å². The van der Waals surface area contributed by atoms with Crippen molar-refractivity contribution in [3.8, 4) is 0 Å². The number of hydrogen-bond donors (Lipinski definition) is 1. The van der Waals surface area contributed by atoms with Crippen LogP contribution in [0, 0.1) is 3.57 Å². The zero-order valence-corrected chi connectivity index (χ0v) is 11.8. The van der Waals surface area contributed by atoms with Crippen LogP contribution in [0.4, 0.5) is 0 Å². The summed E-state index contributed by atoms with van der Waals surface area (Å²) in [7, 11) is 0. The fraction of sp³-hybridized carbons (Fsp3) is 0.364. The van der Waals surface area contributed by atoms with Crippen molar-refractivity contribution in [3.05, 3.63) is 31.8 Å². The van der Waals surface area contributed by atoms with Gasteiger partial charge in [-0.1, -0.05) is 15.9 Å². The molecule has 0 aliphatic heterocycles. The molecular weight excluding hydrogens is 369 g/mol. The topological polar surface area (TPSA) is 29.1 Å². The van der Waals surface area contributed by atoms with E-state index in [1.54, 1.807) is 0 Å². The second-order valence-electron chi connectivity index (χ2n) is 3.76. The summed E-state index contributed by atoms with van der Waals surface area (Å²) in [5.74, 6) is 0.0407. The van der Waals surface area contributed by atoms with Crippen LogP contribution < -0.4 is 5.32 Å². The van der Waals surface area contributed by atoms with Gasteiger partial charge in [0.2, 0.25) is 0 Å². The van der Waals surface area contributed by atoms with Gasteiger partial charge in [0.25, 0.3) is 5.91 Å². The summed E-state index contributed by atoms with van der Waals surface area (Å²) in [4.78, 5) is 11.8. The summed E-state index contributed by atoms with van der Waals surface area (Å²) in [6.07, 6.45) is 3.48. The lowest BCUT2D eigenvalue weighted by Gasteiger charge is -2.26. The Morgan fingerprint density at radius 1 is 1.40 bits per heavy atom. The van der Waals surface area contributed by atoms with Gasteiger partial charge in [-0.15, -0.1) is 0 Å². The summed E-state index contributed by atoms with van der Waals surface area (Å²) < 4.78 is 2.02. The van der Waals surface area contributed by atoms with Gasteiger partial charge in [-0.05, 0) is 60.1 Å². The number of amides is 1. The van der Waals surface area contributed by atoms with Crippen LogP contribution in [-0.2, 0) is 0 Å². The third-order valence-electron chi connectivity index (χ3n) is 2.57. The van der Waals surface area contributed by atoms with Gasteiger partial charge in [-0.3, -0.25) is 4.79 Å². The molecule has 1 amide bonds. The molecule has 2 rings (SSSR count). The molecule has 0 bridgehead atoms. The Morgan fingerprint density at radius 2 is 2.13 bits per heavy atom. The van der Waals surface area contributed by atoms with Crippen LogP contribution in [0.2, 0.25) is 0 Å². The monoisotopic (exact) mass is 379 g/mol. The minimum atomic E-state index is 0.0407. The van der Waals surface area contributed by atoms with Gasteiger partial charge in [-0.2, -0.15) is 0 Å². The van der Waals surface area contributed by atoms with Gasteiger partial charge in [0.15, 0.2) is 0 Å². The molecule has 1 aromatic carbocycles. The van der Waals surface area contributed by atoms with E-state index in [0.717, 1.165) is 26.4 Å². The predicted octanol–water partition coefficient (Wildman–Crippen LogP) is 3.34. The second-order valence-corrected chi connectivity index (χ2v) is 5.92. The van der Waals surface area contributed by atoms with Crippen molar-refractivity contribution in [1.29, 1.82) is 0 Å². The van der Waals surface area contributed by atoms with Crippen LogP contribution in [0.1, 0.15) is 29.6 Å². The normalized spacial score (nSPS) is 15.9. The van der Waals surface area contributed by atoms with E-state index in [2.05, 4.69) is 43.8 Å². The first-order valence-corrected chi connectivity index (χ1v) is 6.79. The molecule has 0 heterocycles. The molecule has 2 nitrogen and oxygen atoms in total. The standard InChI is InChI=1S/C11H11BrINO/c12-8-4-7(5-9(13)6-8)11(15)14-10-2-1-3-10/h4-6,10H,1-3H2,(H,14,15). The first kappa shape index (κ1) is 11.4. The number of hydrogen-bond acceptors (Lipinski definition) is 1. The van der Waals surface area contributed by atoms with E-state index in [1.807, 2.05) is 18.2 Å². The molecule has 1 aromatic rings. The Balaban J connectivity index is 2.10. The molecule has 0 atom stereocenters. The Bertz CT molecular complexity index is 370. The van der Waals surface area contributed by atoms with Gasteiger partial charge in [0.1, 0.15) is 0 Å². The van der Waals surface area contributed by atoms with E-state index >= 15 is 0 Å². The van der Waals surface area contributed by atoms with Crippen LogP contribution >= 0.6 is 38.5 Å². The molecule has 1 N–H and O–H groups in total. The Morgan fingerprint density at radius 3 is 2.67 bits per heavy atom. The largest absolute Gasteiger partial charge is 0.349 e. The summed E-state index contributed by atoms with van der Waals surface area (Å²) >= 11 is 5.61. The van der Waals surface area contributed by atoms with Gasteiger partial charge < -0.3 is 5.32 Å². The van der Waals surface area contributed by atoms with Crippen LogP contribution in [-0.4, -0.2) is 11.9 Å². The third kappa shape index (κ3) is 2.93. The summed E-state index contributed by atoms with van der Waals surface area (Å²) in [5.41, 5.74) is 0.737. The van der Waals surface area contributed by atoms with Crippen molar-refractivity contribution < 1.29 is 4.79 Å². The number of rotatable bonds is 2. The summed E-state index contributed by atoms with van der Waals surface area (Å²) in [6.45, 7) is 0. The van der Waals surface area contributed by atoms with Gasteiger partial charge in [-0.25, -0.2) is 0 Å². The fourth-order valence-corrected chi connectivity index (χ4v) is 3.10. The molecule has 1 fully saturated rings. The van der Waals surface area contributed by atoms with Crippen molar-refractivity contribution in [3.63, 3.8) is 0 Å². The predicted molar refractivity (Wildman–Crippen MR) is 72.0 cm³/mol. The number of benzene rings is 1. The highest BCUT2D eigenvalue weighted by Gasteiger charge is 2.20. The summed E-state index contributed by atoms with van der Waals surface area (Å²) in [6, 6.07) is 6.14. The van der Waals surface area contributed by atoms with Crippen molar-refractivity contribution in [2.45, 2.75) is 25.3 Å². The van der Waals surface area contributed by atoms with Crippen LogP contribution in [0.5, 0.6) is 0 Å². The molecular formula is C11H11BrINO. The molecule has 4 heteroatoms. The van der Waals surface area contributed by atoms with Crippen LogP contribution in [0.15, 0.2) is 22.7 Å². The fourth-order valence-electron chi connectivity index (χ4n) is 1.51. The van der Waals surface area contributed by atoms with Gasteiger partial charge in [0.05, 0.1) is 0 Å². The molecule has 1 aliphatic carbocycles. The summed E-state index contributed by atoms with van der Waals surface area (Å²) in [5, 5.41) is 3.02. The van der Waals surface area contributed by atoms with E-state index in [1.165, 1.54) is 6.42 Å². The highest BCUT2D eigenvalue weighted by molar-refractivity contribution is 14.1. The number of nitrogens with one attached hydrogen (secondary N) is 1. The molecule has 0 radical (unpaired) electrons. The average Bonchev–Trinajstić information content (AvgIpc) is 2.09. The molecule has 1 saturated carbocycles. The van der Waals surface area contributed by atoms with E-state index in [4.69, 9.17) is 0 Å². The van der Waals surface area contributed by atoms with Crippen molar-refractivity contribution in [2.24, 2.45) is 0 Å². The smallest absolute Gasteiger partial charge is 0.251 e. The van der Waals surface area contributed by atoms with Crippen molar-refractivity contribution >= 4 is 44.4 Å². The Kier molecular flexibility index (Phi) is 3.66. The number of carbonyl (C=O) groups excluding carboxylic acids is 1. The highest BCUT2D eigenvalue weighted by atomic mass is 127. The van der Waals surface area contributed by atoms with E-state index in [0.29, 0.717) is 6.04 Å². The minimum absolute atomic E-state index is 0.0407. The van der Waals surface area contributed by atoms with Crippen LogP contribution in [0.3, 0.4) is 0 Å². The molecule has 80 valence electrons. The maximum atomic E-state index is 11.8. The lowest BCUT2D eigenvalue weighted by molar-refractivity contribution is 0.0917. The third-order valence-corrected chi connectivity index (χ3v) is 3.65. The van der Waals surface area contributed by atoms with E-state index in [9.17, 15) is 4.79 Å². The molecule has 0 spiro atoms. The maximum absolute atomic E-state index is 11.8. The molecule has 15 heavy (non-hydrogen) atoms. The average molecular weight is 380 g/mol. The molecule has 0 saturated heterocycles. The zero-order valence-electron chi connectivity index (χ0n) is 8.09. The van der Waals surface area contributed by atoms with Crippen LogP contribution in [0.25, 0.3) is 0 Å². The first-order valence-electron chi connectivity index (χ1n) is 4.92. The molecule has 1 aliphatic rings. The first-order chi connectivity index (χ1) is 7.15. The second kappa shape index (κ2) is 4.82. The lowest BCUT2D eigenvalue weighted by Crippen LogP contribution is -2.39. The number of halogens is 2. The molecule has 0 aromatic heterocycles. The SMILES string of the molecule is O=C(NC1CCC1)c1cc(Br)cc(I)c1.